The van der Waals surface area contributed by atoms with E-state index in [0.29, 0.717) is 25.5 Å². The zero-order chi connectivity index (χ0) is 17.8. The third-order valence-corrected chi connectivity index (χ3v) is 4.86. The minimum atomic E-state index is -0.135. The third kappa shape index (κ3) is 4.24. The molecule has 3 rings (SSSR count). The van der Waals surface area contributed by atoms with Gasteiger partial charge in [-0.1, -0.05) is 6.92 Å². The molecule has 6 nitrogen and oxygen atoms in total. The van der Waals surface area contributed by atoms with Gasteiger partial charge in [-0.25, -0.2) is 4.79 Å². The number of piperidine rings is 1. The topological polar surface area (TPSA) is 61.9 Å². The Kier molecular flexibility index (Phi) is 5.46. The van der Waals surface area contributed by atoms with Gasteiger partial charge in [0.1, 0.15) is 5.75 Å². The lowest BCUT2D eigenvalue weighted by Gasteiger charge is -2.31. The van der Waals surface area contributed by atoms with Gasteiger partial charge < -0.3 is 19.9 Å². The van der Waals surface area contributed by atoms with Gasteiger partial charge in [0.15, 0.2) is 0 Å². The van der Waals surface area contributed by atoms with Crippen molar-refractivity contribution in [3.63, 3.8) is 0 Å². The van der Waals surface area contributed by atoms with Crippen molar-refractivity contribution >= 4 is 17.6 Å². The molecule has 0 bridgehead atoms. The van der Waals surface area contributed by atoms with Crippen molar-refractivity contribution in [1.82, 2.24) is 10.2 Å². The highest BCUT2D eigenvalue weighted by Gasteiger charge is 2.33. The number of hydrogen-bond acceptors (Lipinski definition) is 3. The Hall–Kier alpha value is -2.24. The number of hydrogen-bond donors (Lipinski definition) is 1. The molecule has 2 atom stereocenters. The maximum atomic E-state index is 12.4. The van der Waals surface area contributed by atoms with Crippen LogP contribution in [0.15, 0.2) is 24.3 Å². The molecule has 0 unspecified atom stereocenters. The summed E-state index contributed by atoms with van der Waals surface area (Å²) in [5.74, 6) is 1.38. The van der Waals surface area contributed by atoms with Crippen LogP contribution in [0.2, 0.25) is 0 Å². The van der Waals surface area contributed by atoms with Gasteiger partial charge in [0, 0.05) is 31.7 Å². The molecule has 1 aromatic rings. The molecular formula is C19H27N3O3. The van der Waals surface area contributed by atoms with Crippen molar-refractivity contribution in [3.8, 4) is 5.75 Å². The molecule has 25 heavy (non-hydrogen) atoms. The van der Waals surface area contributed by atoms with Crippen LogP contribution in [0.5, 0.6) is 5.75 Å². The molecular weight excluding hydrogens is 318 g/mol. The number of nitrogens with one attached hydrogen (secondary N) is 1. The van der Waals surface area contributed by atoms with Crippen molar-refractivity contribution in [2.75, 3.05) is 31.1 Å². The number of anilines is 1. The van der Waals surface area contributed by atoms with Crippen LogP contribution in [0.1, 0.15) is 33.1 Å². The van der Waals surface area contributed by atoms with Crippen molar-refractivity contribution in [1.29, 1.82) is 0 Å². The maximum Gasteiger partial charge on any atom is 0.317 e. The summed E-state index contributed by atoms with van der Waals surface area (Å²) in [6.45, 7) is 6.85. The largest absolute Gasteiger partial charge is 0.494 e. The molecule has 0 spiro atoms. The average molecular weight is 345 g/mol. The van der Waals surface area contributed by atoms with Crippen LogP contribution in [0.4, 0.5) is 10.5 Å². The van der Waals surface area contributed by atoms with E-state index in [2.05, 4.69) is 12.2 Å². The summed E-state index contributed by atoms with van der Waals surface area (Å²) in [6.07, 6.45) is 2.58. The second-order valence-corrected chi connectivity index (χ2v) is 6.98. The predicted octanol–water partition coefficient (Wildman–Crippen LogP) is 2.63. The molecule has 0 saturated carbocycles. The lowest BCUT2D eigenvalue weighted by molar-refractivity contribution is -0.117. The molecule has 2 aliphatic rings. The highest BCUT2D eigenvalue weighted by Crippen LogP contribution is 2.24. The molecule has 0 aliphatic carbocycles. The van der Waals surface area contributed by atoms with Crippen molar-refractivity contribution in [2.45, 2.75) is 39.2 Å². The normalized spacial score (nSPS) is 23.7. The number of ether oxygens (including phenoxy) is 1. The molecule has 136 valence electrons. The van der Waals surface area contributed by atoms with E-state index in [1.54, 1.807) is 4.90 Å². The smallest absolute Gasteiger partial charge is 0.317 e. The van der Waals surface area contributed by atoms with E-state index in [0.717, 1.165) is 30.9 Å². The monoisotopic (exact) mass is 345 g/mol. The van der Waals surface area contributed by atoms with Crippen LogP contribution in [0, 0.1) is 5.92 Å². The van der Waals surface area contributed by atoms with Crippen molar-refractivity contribution < 1.29 is 14.3 Å². The minimum Gasteiger partial charge on any atom is -0.494 e. The van der Waals surface area contributed by atoms with E-state index < -0.39 is 0 Å². The molecule has 0 aromatic heterocycles. The lowest BCUT2D eigenvalue weighted by Crippen LogP contribution is -2.49. The highest BCUT2D eigenvalue weighted by atomic mass is 16.5. The summed E-state index contributed by atoms with van der Waals surface area (Å²) in [6, 6.07) is 7.33. The average Bonchev–Trinajstić information content (AvgIpc) is 2.96. The number of benzene rings is 1. The number of carbonyl (C=O) groups is 2. The van der Waals surface area contributed by atoms with E-state index in [9.17, 15) is 9.59 Å². The maximum absolute atomic E-state index is 12.4. The zero-order valence-corrected chi connectivity index (χ0v) is 15.0. The molecule has 2 aliphatic heterocycles. The van der Waals surface area contributed by atoms with Crippen LogP contribution in [-0.4, -0.2) is 49.1 Å². The Bertz CT molecular complexity index is 617. The van der Waals surface area contributed by atoms with E-state index in [1.807, 2.05) is 36.1 Å². The summed E-state index contributed by atoms with van der Waals surface area (Å²) in [4.78, 5) is 28.4. The quantitative estimate of drug-likeness (QED) is 0.912. The van der Waals surface area contributed by atoms with E-state index in [1.165, 1.54) is 6.42 Å². The Morgan fingerprint density at radius 3 is 2.72 bits per heavy atom. The predicted molar refractivity (Wildman–Crippen MR) is 96.9 cm³/mol. The standard InChI is InChI=1S/C19H27N3O3/c1-3-25-17-8-6-16(7-9-17)22-13-15(11-18(22)23)20-19(24)21-10-4-5-14(2)12-21/h6-9,14-15H,3-5,10-13H2,1-2H3,(H,20,24)/t14-,15-/m1/s1. The molecule has 0 radical (unpaired) electrons. The van der Waals surface area contributed by atoms with Gasteiger partial charge in [0.05, 0.1) is 12.6 Å². The number of urea groups is 1. The fraction of sp³-hybridized carbons (Fsp3) is 0.579. The fourth-order valence-electron chi connectivity index (χ4n) is 3.58. The van der Waals surface area contributed by atoms with Crippen LogP contribution < -0.4 is 15.0 Å². The Labute approximate surface area is 149 Å². The molecule has 1 N–H and O–H groups in total. The van der Waals surface area contributed by atoms with E-state index in [4.69, 9.17) is 4.74 Å². The fourth-order valence-corrected chi connectivity index (χ4v) is 3.58. The van der Waals surface area contributed by atoms with E-state index >= 15 is 0 Å². The Morgan fingerprint density at radius 2 is 2.04 bits per heavy atom. The number of rotatable bonds is 4. The summed E-state index contributed by atoms with van der Waals surface area (Å²) < 4.78 is 5.43. The molecule has 1 aromatic carbocycles. The lowest BCUT2D eigenvalue weighted by atomic mass is 10.0. The van der Waals surface area contributed by atoms with Gasteiger partial charge in [-0.05, 0) is 49.9 Å². The molecule has 2 saturated heterocycles. The summed E-state index contributed by atoms with van der Waals surface area (Å²) in [5.41, 5.74) is 0.844. The Morgan fingerprint density at radius 1 is 1.28 bits per heavy atom. The first-order valence-electron chi connectivity index (χ1n) is 9.15. The summed E-state index contributed by atoms with van der Waals surface area (Å²) in [7, 11) is 0. The van der Waals surface area contributed by atoms with Gasteiger partial charge in [-0.15, -0.1) is 0 Å². The minimum absolute atomic E-state index is 0.0430. The van der Waals surface area contributed by atoms with E-state index in [-0.39, 0.29) is 18.0 Å². The van der Waals surface area contributed by atoms with Gasteiger partial charge in [-0.3, -0.25) is 4.79 Å². The van der Waals surface area contributed by atoms with Crippen molar-refractivity contribution in [2.24, 2.45) is 5.92 Å². The first kappa shape index (κ1) is 17.6. The van der Waals surface area contributed by atoms with Gasteiger partial charge in [0.2, 0.25) is 5.91 Å². The number of carbonyl (C=O) groups excluding carboxylic acids is 2. The number of amides is 3. The second kappa shape index (κ2) is 7.76. The van der Waals surface area contributed by atoms with Crippen molar-refractivity contribution in [3.05, 3.63) is 24.3 Å². The van der Waals surface area contributed by atoms with Gasteiger partial charge in [-0.2, -0.15) is 0 Å². The molecule has 2 fully saturated rings. The third-order valence-electron chi connectivity index (χ3n) is 4.86. The summed E-state index contributed by atoms with van der Waals surface area (Å²) >= 11 is 0. The summed E-state index contributed by atoms with van der Waals surface area (Å²) in [5, 5.41) is 3.03. The Balaban J connectivity index is 1.57. The number of nitrogens with zero attached hydrogens (tertiary/aromatic N) is 2. The highest BCUT2D eigenvalue weighted by molar-refractivity contribution is 5.96. The SMILES string of the molecule is CCOc1ccc(N2C[C@H](NC(=O)N3CCC[C@@H](C)C3)CC2=O)cc1. The molecule has 3 amide bonds. The van der Waals surface area contributed by atoms with Crippen LogP contribution >= 0.6 is 0 Å². The first-order valence-corrected chi connectivity index (χ1v) is 9.15. The number of likely N-dealkylation sites (tertiary alicyclic amines) is 1. The van der Waals surface area contributed by atoms with Gasteiger partial charge >= 0.3 is 6.03 Å². The first-order chi connectivity index (χ1) is 12.1. The van der Waals surface area contributed by atoms with Crippen LogP contribution in [0.3, 0.4) is 0 Å². The second-order valence-electron chi connectivity index (χ2n) is 6.98. The molecule has 6 heteroatoms. The zero-order valence-electron chi connectivity index (χ0n) is 15.0. The van der Waals surface area contributed by atoms with Gasteiger partial charge in [0.25, 0.3) is 0 Å². The van der Waals surface area contributed by atoms with Crippen LogP contribution in [0.25, 0.3) is 0 Å². The molecule has 2 heterocycles. The van der Waals surface area contributed by atoms with Crippen LogP contribution in [-0.2, 0) is 4.79 Å².